The van der Waals surface area contributed by atoms with Gasteiger partial charge >= 0.3 is 6.18 Å². The van der Waals surface area contributed by atoms with E-state index in [-0.39, 0.29) is 43.6 Å². The summed E-state index contributed by atoms with van der Waals surface area (Å²) in [6, 6.07) is 8.11. The largest absolute Gasteiger partial charge is 0.416 e. The summed E-state index contributed by atoms with van der Waals surface area (Å²) in [5, 5.41) is 3.83. The number of hydrogen-bond acceptors (Lipinski definition) is 4. The molecule has 232 valence electrons. The summed E-state index contributed by atoms with van der Waals surface area (Å²) in [7, 11) is -3.96. The molecule has 0 unspecified atom stereocenters. The summed E-state index contributed by atoms with van der Waals surface area (Å²) in [5.74, 6) is -0.686. The Kier molecular flexibility index (Phi) is 12.0. The monoisotopic (exact) mass is 649 g/mol. The fourth-order valence-electron chi connectivity index (χ4n) is 5.14. The molecule has 1 saturated carbocycles. The number of amides is 2. The number of carbonyl (C=O) groups excluding carboxylic acids is 2. The van der Waals surface area contributed by atoms with E-state index in [1.807, 2.05) is 0 Å². The number of halogens is 5. The average Bonchev–Trinajstić information content (AvgIpc) is 2.91. The number of nitrogens with one attached hydrogen (secondary N) is 1. The van der Waals surface area contributed by atoms with Crippen molar-refractivity contribution in [1.29, 1.82) is 0 Å². The number of sulfonamides is 1. The second-order valence-electron chi connectivity index (χ2n) is 10.5. The van der Waals surface area contributed by atoms with Crippen molar-refractivity contribution in [2.24, 2.45) is 0 Å². The molecule has 7 nitrogen and oxygen atoms in total. The van der Waals surface area contributed by atoms with Gasteiger partial charge in [0.05, 0.1) is 17.5 Å². The zero-order chi connectivity index (χ0) is 31.1. The van der Waals surface area contributed by atoms with Crippen molar-refractivity contribution in [2.45, 2.75) is 83.1 Å². The number of alkyl halides is 3. The number of nitrogens with zero attached hydrogens (tertiary/aromatic N) is 2. The molecule has 0 aliphatic heterocycles. The normalized spacial score (nSPS) is 15.2. The predicted molar refractivity (Wildman–Crippen MR) is 159 cm³/mol. The van der Waals surface area contributed by atoms with Crippen LogP contribution in [0, 0.1) is 0 Å². The van der Waals surface area contributed by atoms with Gasteiger partial charge in [0.2, 0.25) is 21.8 Å². The highest BCUT2D eigenvalue weighted by atomic mass is 35.5. The zero-order valence-corrected chi connectivity index (χ0v) is 25.9. The molecule has 0 spiro atoms. The Morgan fingerprint density at radius 2 is 1.76 bits per heavy atom. The molecule has 0 saturated heterocycles. The highest BCUT2D eigenvalue weighted by Crippen LogP contribution is 2.32. The summed E-state index contributed by atoms with van der Waals surface area (Å²) in [4.78, 5) is 28.5. The third-order valence-electron chi connectivity index (χ3n) is 7.31. The van der Waals surface area contributed by atoms with Gasteiger partial charge < -0.3 is 10.2 Å². The van der Waals surface area contributed by atoms with E-state index in [9.17, 15) is 31.2 Å². The van der Waals surface area contributed by atoms with E-state index in [0.717, 1.165) is 60.9 Å². The molecule has 1 aliphatic carbocycles. The molecule has 1 aliphatic rings. The van der Waals surface area contributed by atoms with Crippen LogP contribution in [0.1, 0.15) is 69.4 Å². The van der Waals surface area contributed by atoms with Crippen LogP contribution in [0.5, 0.6) is 0 Å². The van der Waals surface area contributed by atoms with Crippen molar-refractivity contribution < 1.29 is 31.2 Å². The first-order valence-electron chi connectivity index (χ1n) is 13.9. The van der Waals surface area contributed by atoms with Crippen molar-refractivity contribution in [3.63, 3.8) is 0 Å². The smallest absolute Gasteiger partial charge is 0.352 e. The molecule has 2 aromatic rings. The fraction of sp³-hybridized carbons (Fsp3) is 0.517. The first kappa shape index (κ1) is 34.0. The molecule has 0 bridgehead atoms. The van der Waals surface area contributed by atoms with E-state index in [1.165, 1.54) is 11.0 Å². The number of rotatable bonds is 12. The van der Waals surface area contributed by atoms with Crippen molar-refractivity contribution >= 4 is 50.7 Å². The molecule has 1 N–H and O–H groups in total. The van der Waals surface area contributed by atoms with Crippen LogP contribution in [0.25, 0.3) is 0 Å². The number of carbonyl (C=O) groups is 2. The van der Waals surface area contributed by atoms with Crippen LogP contribution in [-0.2, 0) is 32.3 Å². The highest BCUT2D eigenvalue weighted by molar-refractivity contribution is 7.92. The van der Waals surface area contributed by atoms with Gasteiger partial charge in [-0.1, -0.05) is 61.5 Å². The van der Waals surface area contributed by atoms with E-state index in [4.69, 9.17) is 23.2 Å². The lowest BCUT2D eigenvalue weighted by molar-refractivity contribution is -0.141. The van der Waals surface area contributed by atoms with Gasteiger partial charge in [-0.05, 0) is 61.6 Å². The van der Waals surface area contributed by atoms with Crippen LogP contribution in [0.2, 0.25) is 10.0 Å². The summed E-state index contributed by atoms with van der Waals surface area (Å²) in [6.45, 7) is 1.59. The minimum Gasteiger partial charge on any atom is -0.352 e. The standard InChI is InChI=1S/C29H36Cl2F3N3O4S/c1-3-26(28(39)35-23-10-5-4-6-11-23)36(19-20-14-15-22(30)18-25(20)31)27(38)13-8-16-37(42(2,40)41)24-12-7-9-21(17-24)29(32,33)34/h7,9,12,14-15,17-18,23,26H,3-6,8,10-11,13,16,19H2,1-2H3,(H,35,39)/t26-/m1/s1. The molecule has 0 aromatic heterocycles. The van der Waals surface area contributed by atoms with E-state index < -0.39 is 33.7 Å². The molecule has 0 radical (unpaired) electrons. The van der Waals surface area contributed by atoms with Crippen molar-refractivity contribution in [3.05, 3.63) is 63.6 Å². The van der Waals surface area contributed by atoms with Gasteiger partial charge in [-0.3, -0.25) is 13.9 Å². The van der Waals surface area contributed by atoms with Crippen LogP contribution < -0.4 is 9.62 Å². The molecular formula is C29H36Cl2F3N3O4S. The first-order chi connectivity index (χ1) is 19.7. The number of anilines is 1. The van der Waals surface area contributed by atoms with Gasteiger partial charge in [-0.2, -0.15) is 13.2 Å². The van der Waals surface area contributed by atoms with E-state index in [1.54, 1.807) is 25.1 Å². The predicted octanol–water partition coefficient (Wildman–Crippen LogP) is 6.81. The van der Waals surface area contributed by atoms with Gasteiger partial charge in [0.25, 0.3) is 0 Å². The van der Waals surface area contributed by atoms with Crippen molar-refractivity contribution in [2.75, 3.05) is 17.1 Å². The maximum Gasteiger partial charge on any atom is 0.416 e. The quantitative estimate of drug-likeness (QED) is 0.274. The lowest BCUT2D eigenvalue weighted by atomic mass is 9.95. The van der Waals surface area contributed by atoms with Crippen molar-refractivity contribution in [1.82, 2.24) is 10.2 Å². The topological polar surface area (TPSA) is 86.8 Å². The van der Waals surface area contributed by atoms with Crippen molar-refractivity contribution in [3.8, 4) is 0 Å². The van der Waals surface area contributed by atoms with Gasteiger partial charge in [0.15, 0.2) is 0 Å². The van der Waals surface area contributed by atoms with Gasteiger partial charge in [0, 0.05) is 35.6 Å². The average molecular weight is 651 g/mol. The lowest BCUT2D eigenvalue weighted by Crippen LogP contribution is -2.51. The molecule has 13 heteroatoms. The SMILES string of the molecule is CC[C@H](C(=O)NC1CCCCC1)N(Cc1ccc(Cl)cc1Cl)C(=O)CCCN(c1cccc(C(F)(F)F)c1)S(C)(=O)=O. The Bertz CT molecular complexity index is 1350. The third kappa shape index (κ3) is 9.50. The van der Waals surface area contributed by atoms with E-state index in [0.29, 0.717) is 22.0 Å². The first-order valence-corrected chi connectivity index (χ1v) is 16.5. The Morgan fingerprint density at radius 3 is 2.36 bits per heavy atom. The van der Waals surface area contributed by atoms with Crippen LogP contribution >= 0.6 is 23.2 Å². The van der Waals surface area contributed by atoms with Gasteiger partial charge in [-0.15, -0.1) is 0 Å². The maximum absolute atomic E-state index is 13.6. The molecular weight excluding hydrogens is 614 g/mol. The van der Waals surface area contributed by atoms with Crippen LogP contribution in [0.4, 0.5) is 18.9 Å². The number of hydrogen-bond donors (Lipinski definition) is 1. The summed E-state index contributed by atoms with van der Waals surface area (Å²) in [6.07, 6.45) is 1.34. The van der Waals surface area contributed by atoms with Crippen LogP contribution in [0.3, 0.4) is 0 Å². The Morgan fingerprint density at radius 1 is 1.07 bits per heavy atom. The minimum absolute atomic E-state index is 0.00762. The fourth-order valence-corrected chi connectivity index (χ4v) is 6.56. The molecule has 2 aromatic carbocycles. The molecule has 42 heavy (non-hydrogen) atoms. The Balaban J connectivity index is 1.81. The Hall–Kier alpha value is -2.50. The zero-order valence-electron chi connectivity index (χ0n) is 23.6. The van der Waals surface area contributed by atoms with E-state index in [2.05, 4.69) is 5.32 Å². The lowest BCUT2D eigenvalue weighted by Gasteiger charge is -2.33. The molecule has 1 fully saturated rings. The second kappa shape index (κ2) is 14.8. The molecule has 1 atom stereocenters. The molecule has 3 rings (SSSR count). The highest BCUT2D eigenvalue weighted by Gasteiger charge is 2.33. The summed E-state index contributed by atoms with van der Waals surface area (Å²) >= 11 is 12.4. The molecule has 2 amide bonds. The third-order valence-corrected chi connectivity index (χ3v) is 9.09. The molecule has 0 heterocycles. The minimum atomic E-state index is -4.65. The van der Waals surface area contributed by atoms with Gasteiger partial charge in [-0.25, -0.2) is 8.42 Å². The second-order valence-corrected chi connectivity index (χ2v) is 13.3. The summed E-state index contributed by atoms with van der Waals surface area (Å²) < 4.78 is 65.7. The number of benzene rings is 2. The Labute approximate surface area is 255 Å². The van der Waals surface area contributed by atoms with Gasteiger partial charge in [0.1, 0.15) is 6.04 Å². The summed E-state index contributed by atoms with van der Waals surface area (Å²) in [5.41, 5.74) is -0.548. The van der Waals surface area contributed by atoms with Crippen LogP contribution in [0.15, 0.2) is 42.5 Å². The maximum atomic E-state index is 13.6. The van der Waals surface area contributed by atoms with Crippen LogP contribution in [-0.4, -0.2) is 50.0 Å². The van der Waals surface area contributed by atoms with E-state index >= 15 is 0 Å².